The standard InChI is InChI=1S/C26H31F3N2O6S/c1-36-19-2-4-20(5-3-19)37-21-6-8-22(9-7-21)38(34,35)25(23(32)30-33)11-10-24(18-25)12-15-31(16-13-24)17-14-26(27,28)29/h2-9,33H,10-18H2,1H3,(H,30,32). The summed E-state index contributed by atoms with van der Waals surface area (Å²) in [5, 5.41) is 9.48. The van der Waals surface area contributed by atoms with Crippen molar-refractivity contribution in [3.63, 3.8) is 0 Å². The van der Waals surface area contributed by atoms with Crippen molar-refractivity contribution in [2.75, 3.05) is 26.7 Å². The maximum atomic E-state index is 13.8. The van der Waals surface area contributed by atoms with Gasteiger partial charge in [0.05, 0.1) is 18.4 Å². The monoisotopic (exact) mass is 556 g/mol. The van der Waals surface area contributed by atoms with Crippen LogP contribution in [-0.4, -0.2) is 62.1 Å². The average molecular weight is 557 g/mol. The number of rotatable bonds is 8. The van der Waals surface area contributed by atoms with Gasteiger partial charge in [-0.25, -0.2) is 13.9 Å². The van der Waals surface area contributed by atoms with E-state index in [2.05, 4.69) is 0 Å². The third kappa shape index (κ3) is 5.76. The van der Waals surface area contributed by atoms with Crippen LogP contribution in [0.3, 0.4) is 0 Å². The lowest BCUT2D eigenvalue weighted by atomic mass is 9.76. The molecule has 1 saturated carbocycles. The number of ether oxygens (including phenoxy) is 2. The van der Waals surface area contributed by atoms with Gasteiger partial charge in [-0.15, -0.1) is 0 Å². The van der Waals surface area contributed by atoms with Gasteiger partial charge in [-0.1, -0.05) is 0 Å². The first-order chi connectivity index (χ1) is 17.9. The van der Waals surface area contributed by atoms with Crippen molar-refractivity contribution in [3.05, 3.63) is 48.5 Å². The van der Waals surface area contributed by atoms with Gasteiger partial charge in [0.2, 0.25) is 0 Å². The molecule has 2 fully saturated rings. The SMILES string of the molecule is COc1ccc(Oc2ccc(S(=O)(=O)C3(C(=O)NO)CCC4(CCN(CCC(F)(F)F)CC4)C3)cc2)cc1. The van der Waals surface area contributed by atoms with Crippen molar-refractivity contribution in [2.24, 2.45) is 5.41 Å². The lowest BCUT2D eigenvalue weighted by Gasteiger charge is -2.40. The highest BCUT2D eigenvalue weighted by Gasteiger charge is 2.60. The summed E-state index contributed by atoms with van der Waals surface area (Å²) in [6.45, 7) is 0.680. The average Bonchev–Trinajstić information content (AvgIpc) is 3.29. The van der Waals surface area contributed by atoms with Crippen molar-refractivity contribution in [1.82, 2.24) is 10.4 Å². The number of halogens is 3. The largest absolute Gasteiger partial charge is 0.497 e. The van der Waals surface area contributed by atoms with E-state index in [0.717, 1.165) is 0 Å². The van der Waals surface area contributed by atoms with Crippen molar-refractivity contribution in [2.45, 2.75) is 54.3 Å². The minimum Gasteiger partial charge on any atom is -0.497 e. The van der Waals surface area contributed by atoms with Gasteiger partial charge in [-0.05, 0) is 99.1 Å². The lowest BCUT2D eigenvalue weighted by molar-refractivity contribution is -0.139. The van der Waals surface area contributed by atoms with E-state index in [9.17, 15) is 31.6 Å². The molecule has 2 N–H and O–H groups in total. The highest BCUT2D eigenvalue weighted by atomic mass is 32.2. The first kappa shape index (κ1) is 28.2. The Morgan fingerprint density at radius 1 is 0.974 bits per heavy atom. The van der Waals surface area contributed by atoms with E-state index < -0.39 is 38.5 Å². The van der Waals surface area contributed by atoms with Crippen LogP contribution in [0.1, 0.15) is 38.5 Å². The molecule has 1 aliphatic carbocycles. The Balaban J connectivity index is 1.50. The number of piperidine rings is 1. The molecular weight excluding hydrogens is 525 g/mol. The summed E-state index contributed by atoms with van der Waals surface area (Å²) in [7, 11) is -2.69. The Labute approximate surface area is 219 Å². The number of nitrogens with zero attached hydrogens (tertiary/aromatic N) is 1. The van der Waals surface area contributed by atoms with Gasteiger partial charge in [0, 0.05) is 6.54 Å². The molecule has 1 unspecified atom stereocenters. The molecule has 0 bridgehead atoms. The molecular formula is C26H31F3N2O6S. The summed E-state index contributed by atoms with van der Waals surface area (Å²) in [6, 6.07) is 12.6. The third-order valence-corrected chi connectivity index (χ3v) is 10.3. The van der Waals surface area contributed by atoms with E-state index >= 15 is 0 Å². The molecule has 2 aromatic carbocycles. The fraction of sp³-hybridized carbons (Fsp3) is 0.500. The molecule has 208 valence electrons. The normalized spacial score (nSPS) is 21.8. The Morgan fingerprint density at radius 3 is 2.05 bits per heavy atom. The van der Waals surface area contributed by atoms with Crippen molar-refractivity contribution < 1.29 is 41.1 Å². The molecule has 1 spiro atoms. The van der Waals surface area contributed by atoms with Crippen LogP contribution in [-0.2, 0) is 14.6 Å². The number of amides is 1. The molecule has 1 heterocycles. The van der Waals surface area contributed by atoms with Gasteiger partial charge in [0.15, 0.2) is 14.6 Å². The molecule has 4 rings (SSSR count). The molecule has 12 heteroatoms. The molecule has 38 heavy (non-hydrogen) atoms. The fourth-order valence-corrected chi connectivity index (χ4v) is 7.65. The summed E-state index contributed by atoms with van der Waals surface area (Å²) in [6.07, 6.45) is -3.75. The molecule has 1 saturated heterocycles. The topological polar surface area (TPSA) is 105 Å². The number of nitrogens with one attached hydrogen (secondary N) is 1. The summed E-state index contributed by atoms with van der Waals surface area (Å²) in [5.74, 6) is 0.584. The third-order valence-electron chi connectivity index (χ3n) is 7.81. The van der Waals surface area contributed by atoms with Crippen LogP contribution < -0.4 is 15.0 Å². The Bertz CT molecular complexity index is 1230. The summed E-state index contributed by atoms with van der Waals surface area (Å²) in [5.41, 5.74) is 1.05. The van der Waals surface area contributed by atoms with E-state index in [4.69, 9.17) is 9.47 Å². The first-order valence-electron chi connectivity index (χ1n) is 12.3. The first-order valence-corrected chi connectivity index (χ1v) is 13.8. The van der Waals surface area contributed by atoms with Crippen molar-refractivity contribution in [1.29, 1.82) is 0 Å². The zero-order valence-electron chi connectivity index (χ0n) is 21.0. The minimum absolute atomic E-state index is 0.00800. The number of alkyl halides is 3. The molecule has 2 aliphatic rings. The van der Waals surface area contributed by atoms with Crippen LogP contribution in [0.5, 0.6) is 17.2 Å². The number of hydrogen-bond acceptors (Lipinski definition) is 7. The van der Waals surface area contributed by atoms with Crippen LogP contribution in [0.2, 0.25) is 0 Å². The highest BCUT2D eigenvalue weighted by molar-refractivity contribution is 7.93. The summed E-state index contributed by atoms with van der Waals surface area (Å²) >= 11 is 0. The second-order valence-electron chi connectivity index (χ2n) is 10.1. The number of methoxy groups -OCH3 is 1. The van der Waals surface area contributed by atoms with Gasteiger partial charge in [-0.2, -0.15) is 13.2 Å². The molecule has 0 radical (unpaired) electrons. The summed E-state index contributed by atoms with van der Waals surface area (Å²) in [4.78, 5) is 14.6. The molecule has 1 aliphatic heterocycles. The van der Waals surface area contributed by atoms with Crippen molar-refractivity contribution in [3.8, 4) is 17.2 Å². The zero-order valence-corrected chi connectivity index (χ0v) is 21.8. The van der Waals surface area contributed by atoms with Gasteiger partial charge >= 0.3 is 6.18 Å². The maximum absolute atomic E-state index is 13.8. The number of benzene rings is 2. The Kier molecular flexibility index (Phi) is 7.96. The Hall–Kier alpha value is -2.83. The van der Waals surface area contributed by atoms with Crippen LogP contribution in [0.4, 0.5) is 13.2 Å². The number of likely N-dealkylation sites (tertiary alicyclic amines) is 1. The van der Waals surface area contributed by atoms with Crippen LogP contribution >= 0.6 is 0 Å². The smallest absolute Gasteiger partial charge is 0.390 e. The maximum Gasteiger partial charge on any atom is 0.390 e. The number of hydrogen-bond donors (Lipinski definition) is 2. The lowest BCUT2D eigenvalue weighted by Crippen LogP contribution is -2.51. The second kappa shape index (κ2) is 10.7. The quantitative estimate of drug-likeness (QED) is 0.358. The van der Waals surface area contributed by atoms with Crippen LogP contribution in [0, 0.1) is 5.41 Å². The van der Waals surface area contributed by atoms with E-state index in [0.29, 0.717) is 49.6 Å². The molecule has 0 aromatic heterocycles. The molecule has 1 atom stereocenters. The van der Waals surface area contributed by atoms with E-state index in [1.54, 1.807) is 41.8 Å². The fourth-order valence-electron chi connectivity index (χ4n) is 5.55. The molecule has 2 aromatic rings. The number of carbonyl (C=O) groups excluding carboxylic acids is 1. The van der Waals surface area contributed by atoms with Crippen LogP contribution in [0.25, 0.3) is 0 Å². The predicted octanol–water partition coefficient (Wildman–Crippen LogP) is 4.72. The Morgan fingerprint density at radius 2 is 1.53 bits per heavy atom. The zero-order chi connectivity index (χ0) is 27.6. The second-order valence-corrected chi connectivity index (χ2v) is 12.3. The van der Waals surface area contributed by atoms with Crippen molar-refractivity contribution >= 4 is 15.7 Å². The number of sulfone groups is 1. The number of hydroxylamine groups is 1. The van der Waals surface area contributed by atoms with Crippen LogP contribution in [0.15, 0.2) is 53.4 Å². The van der Waals surface area contributed by atoms with Gasteiger partial charge in [0.1, 0.15) is 17.2 Å². The summed E-state index contributed by atoms with van der Waals surface area (Å²) < 4.78 is 74.5. The van der Waals surface area contributed by atoms with Gasteiger partial charge in [-0.3, -0.25) is 10.0 Å². The van der Waals surface area contributed by atoms with E-state index in [-0.39, 0.29) is 24.3 Å². The van der Waals surface area contributed by atoms with Gasteiger partial charge in [0.25, 0.3) is 5.91 Å². The highest BCUT2D eigenvalue weighted by Crippen LogP contribution is 2.55. The van der Waals surface area contributed by atoms with E-state index in [1.807, 2.05) is 0 Å². The van der Waals surface area contributed by atoms with E-state index in [1.165, 1.54) is 24.3 Å². The van der Waals surface area contributed by atoms with Gasteiger partial charge < -0.3 is 14.4 Å². The minimum atomic E-state index is -4.24. The molecule has 1 amide bonds. The predicted molar refractivity (Wildman–Crippen MR) is 132 cm³/mol. The number of carbonyl (C=O) groups is 1. The molecule has 8 nitrogen and oxygen atoms in total.